The fraction of sp³-hybridized carbons (Fsp3) is 0.333. The van der Waals surface area contributed by atoms with Gasteiger partial charge in [0, 0.05) is 10.6 Å². The minimum atomic E-state index is -0.828. The van der Waals surface area contributed by atoms with E-state index in [1.165, 1.54) is 0 Å². The highest BCUT2D eigenvalue weighted by atomic mass is 35.5. The summed E-state index contributed by atoms with van der Waals surface area (Å²) in [5, 5.41) is 2.75. The van der Waals surface area contributed by atoms with Gasteiger partial charge in [0.25, 0.3) is 5.91 Å². The number of urea groups is 1. The quantitative estimate of drug-likeness (QED) is 0.717. The Hall–Kier alpha value is -1.59. The Balaban J connectivity index is 2.59. The molecule has 0 saturated carbocycles. The number of nitrogens with two attached hydrogens (primary N) is 1. The van der Waals surface area contributed by atoms with E-state index < -0.39 is 6.03 Å². The minimum absolute atomic E-state index is 0.367. The third kappa shape index (κ3) is 4.35. The molecule has 5 nitrogen and oxygen atoms in total. The number of hydrogen-bond acceptors (Lipinski definition) is 2. The number of quaternary nitrogens is 1. The zero-order valence-electron chi connectivity index (χ0n) is 10.4. The molecule has 0 aliphatic rings. The van der Waals surface area contributed by atoms with E-state index in [0.29, 0.717) is 11.6 Å². The molecular weight excluding hydrogens is 254 g/mol. The molecule has 4 N–H and O–H groups in total. The zero-order valence-corrected chi connectivity index (χ0v) is 11.1. The van der Waals surface area contributed by atoms with Crippen molar-refractivity contribution in [1.29, 1.82) is 0 Å². The number of likely N-dealkylation sites (N-methyl/N-ethyl adjacent to an activating group) is 1. The van der Waals surface area contributed by atoms with Crippen molar-refractivity contribution in [3.05, 3.63) is 34.9 Å². The van der Waals surface area contributed by atoms with E-state index in [-0.39, 0.29) is 11.9 Å². The van der Waals surface area contributed by atoms with Gasteiger partial charge in [-0.1, -0.05) is 23.7 Å². The lowest BCUT2D eigenvalue weighted by Crippen LogP contribution is -3.12. The van der Waals surface area contributed by atoms with Gasteiger partial charge in [-0.05, 0) is 19.1 Å². The van der Waals surface area contributed by atoms with Gasteiger partial charge in [0.2, 0.25) is 0 Å². The summed E-state index contributed by atoms with van der Waals surface area (Å²) >= 11 is 5.80. The molecule has 1 aromatic rings. The summed E-state index contributed by atoms with van der Waals surface area (Å²) in [7, 11) is 1.87. The highest BCUT2D eigenvalue weighted by Gasteiger charge is 2.22. The number of carbonyl (C=O) groups excluding carboxylic acids is 2. The summed E-state index contributed by atoms with van der Waals surface area (Å²) in [6, 6.07) is 6.23. The Morgan fingerprint density at radius 1 is 1.39 bits per heavy atom. The fourth-order valence-corrected chi connectivity index (χ4v) is 1.66. The van der Waals surface area contributed by atoms with Crippen molar-refractivity contribution < 1.29 is 14.5 Å². The second-order valence-electron chi connectivity index (χ2n) is 4.22. The molecule has 0 saturated heterocycles. The summed E-state index contributed by atoms with van der Waals surface area (Å²) in [6.45, 7) is 2.40. The van der Waals surface area contributed by atoms with Gasteiger partial charge < -0.3 is 10.6 Å². The van der Waals surface area contributed by atoms with Gasteiger partial charge in [0.15, 0.2) is 6.04 Å². The van der Waals surface area contributed by atoms with Crippen LogP contribution in [0, 0.1) is 0 Å². The smallest absolute Gasteiger partial charge is 0.319 e. The van der Waals surface area contributed by atoms with Crippen molar-refractivity contribution in [3.63, 3.8) is 0 Å². The number of halogens is 1. The molecular formula is C12H17ClN3O2+. The second-order valence-corrected chi connectivity index (χ2v) is 4.66. The molecule has 1 aromatic carbocycles. The molecule has 0 radical (unpaired) electrons. The summed E-state index contributed by atoms with van der Waals surface area (Å²) in [4.78, 5) is 23.1. The van der Waals surface area contributed by atoms with Crippen LogP contribution in [-0.4, -0.2) is 25.0 Å². The highest BCUT2D eigenvalue weighted by Crippen LogP contribution is 2.08. The molecule has 0 fully saturated rings. The van der Waals surface area contributed by atoms with Crippen molar-refractivity contribution in [2.45, 2.75) is 19.5 Å². The van der Waals surface area contributed by atoms with Gasteiger partial charge in [-0.3, -0.25) is 10.1 Å². The van der Waals surface area contributed by atoms with Crippen molar-refractivity contribution in [1.82, 2.24) is 5.32 Å². The second kappa shape index (κ2) is 6.37. The predicted molar refractivity (Wildman–Crippen MR) is 69.2 cm³/mol. The SMILES string of the molecule is C[C@@H](C(=O)NC(N)=O)[NH+](C)Cc1ccc(Cl)cc1. The Bertz CT molecular complexity index is 433. The van der Waals surface area contributed by atoms with Crippen molar-refractivity contribution in [2.75, 3.05) is 7.05 Å². The van der Waals surface area contributed by atoms with Crippen molar-refractivity contribution in [3.8, 4) is 0 Å². The van der Waals surface area contributed by atoms with E-state index in [2.05, 4.69) is 5.32 Å². The molecule has 18 heavy (non-hydrogen) atoms. The van der Waals surface area contributed by atoms with E-state index in [0.717, 1.165) is 10.5 Å². The standard InChI is InChI=1S/C12H16ClN3O2/c1-8(11(17)15-12(14)18)16(2)7-9-3-5-10(13)6-4-9/h3-6,8H,7H2,1-2H3,(H3,14,15,17,18)/p+1/t8-/m0/s1. The largest absolute Gasteiger partial charge is 0.351 e. The molecule has 3 amide bonds. The summed E-state index contributed by atoms with van der Waals surface area (Å²) < 4.78 is 0. The molecule has 0 bridgehead atoms. The maximum absolute atomic E-state index is 11.6. The van der Waals surface area contributed by atoms with Crippen molar-refractivity contribution >= 4 is 23.5 Å². The van der Waals surface area contributed by atoms with Gasteiger partial charge in [-0.2, -0.15) is 0 Å². The first kappa shape index (κ1) is 14.5. The van der Waals surface area contributed by atoms with Gasteiger partial charge in [0.1, 0.15) is 6.54 Å². The number of imide groups is 1. The lowest BCUT2D eigenvalue weighted by Gasteiger charge is -2.20. The number of amides is 3. The molecule has 0 aliphatic carbocycles. The summed E-state index contributed by atoms with van der Waals surface area (Å²) in [6.07, 6.45) is 0. The van der Waals surface area contributed by atoms with E-state index in [1.54, 1.807) is 19.1 Å². The molecule has 0 spiro atoms. The van der Waals surface area contributed by atoms with Crippen LogP contribution in [0.2, 0.25) is 5.02 Å². The van der Waals surface area contributed by atoms with Crippen LogP contribution in [0.5, 0.6) is 0 Å². The maximum atomic E-state index is 11.6. The molecule has 1 rings (SSSR count). The lowest BCUT2D eigenvalue weighted by atomic mass is 10.2. The molecule has 0 aromatic heterocycles. The van der Waals surface area contributed by atoms with Crippen LogP contribution in [0.3, 0.4) is 0 Å². The van der Waals surface area contributed by atoms with Crippen molar-refractivity contribution in [2.24, 2.45) is 5.73 Å². The van der Waals surface area contributed by atoms with Crippen LogP contribution in [0.15, 0.2) is 24.3 Å². The average molecular weight is 271 g/mol. The minimum Gasteiger partial charge on any atom is -0.351 e. The number of hydrogen-bond donors (Lipinski definition) is 3. The average Bonchev–Trinajstić information content (AvgIpc) is 2.30. The third-order valence-corrected chi connectivity index (χ3v) is 3.03. The Morgan fingerprint density at radius 3 is 2.44 bits per heavy atom. The first-order valence-corrected chi connectivity index (χ1v) is 5.95. The predicted octanol–water partition coefficient (Wildman–Crippen LogP) is -0.0619. The molecule has 6 heteroatoms. The lowest BCUT2D eigenvalue weighted by molar-refractivity contribution is -0.908. The van der Waals surface area contributed by atoms with Gasteiger partial charge >= 0.3 is 6.03 Å². The molecule has 98 valence electrons. The monoisotopic (exact) mass is 270 g/mol. The van der Waals surface area contributed by atoms with E-state index >= 15 is 0 Å². The number of benzene rings is 1. The first-order valence-electron chi connectivity index (χ1n) is 5.57. The van der Waals surface area contributed by atoms with Gasteiger partial charge in [0.05, 0.1) is 7.05 Å². The third-order valence-electron chi connectivity index (χ3n) is 2.78. The normalized spacial score (nSPS) is 13.7. The Kier molecular flexibility index (Phi) is 5.12. The van der Waals surface area contributed by atoms with E-state index in [9.17, 15) is 9.59 Å². The maximum Gasteiger partial charge on any atom is 0.319 e. The van der Waals surface area contributed by atoms with Crippen LogP contribution in [-0.2, 0) is 11.3 Å². The summed E-state index contributed by atoms with van der Waals surface area (Å²) in [5.74, 6) is -0.381. The molecule has 1 unspecified atom stereocenters. The number of nitrogens with one attached hydrogen (secondary N) is 2. The number of primary amides is 1. The van der Waals surface area contributed by atoms with Crippen LogP contribution < -0.4 is 16.0 Å². The fourth-order valence-electron chi connectivity index (χ4n) is 1.53. The highest BCUT2D eigenvalue weighted by molar-refractivity contribution is 6.30. The molecule has 0 aliphatic heterocycles. The topological polar surface area (TPSA) is 76.6 Å². The van der Waals surface area contributed by atoms with E-state index in [4.69, 9.17) is 17.3 Å². The van der Waals surface area contributed by atoms with Crippen LogP contribution in [0.1, 0.15) is 12.5 Å². The number of rotatable bonds is 4. The van der Waals surface area contributed by atoms with E-state index in [1.807, 2.05) is 19.2 Å². The molecule has 2 atom stereocenters. The van der Waals surface area contributed by atoms with Crippen LogP contribution in [0.4, 0.5) is 4.79 Å². The molecule has 0 heterocycles. The zero-order chi connectivity index (χ0) is 13.7. The number of carbonyl (C=O) groups is 2. The van der Waals surface area contributed by atoms with Gasteiger partial charge in [-0.25, -0.2) is 4.79 Å². The van der Waals surface area contributed by atoms with Crippen LogP contribution >= 0.6 is 11.6 Å². The Labute approximate surface area is 111 Å². The Morgan fingerprint density at radius 2 is 1.94 bits per heavy atom. The van der Waals surface area contributed by atoms with Gasteiger partial charge in [-0.15, -0.1) is 0 Å². The van der Waals surface area contributed by atoms with Crippen LogP contribution in [0.25, 0.3) is 0 Å². The summed E-state index contributed by atoms with van der Waals surface area (Å²) in [5.41, 5.74) is 5.97. The first-order chi connectivity index (χ1) is 8.40.